The lowest BCUT2D eigenvalue weighted by molar-refractivity contribution is -0.122. The number of nitrogens with one attached hydrogen (secondary N) is 1. The first-order chi connectivity index (χ1) is 12.5. The van der Waals surface area contributed by atoms with Gasteiger partial charge in [-0.15, -0.1) is 0 Å². The molecule has 1 aromatic heterocycles. The van der Waals surface area contributed by atoms with E-state index in [0.29, 0.717) is 5.02 Å². The molecule has 0 saturated carbocycles. The Bertz CT molecular complexity index is 956. The van der Waals surface area contributed by atoms with E-state index in [1.807, 2.05) is 42.5 Å². The molecule has 26 heavy (non-hydrogen) atoms. The van der Waals surface area contributed by atoms with Gasteiger partial charge in [-0.1, -0.05) is 54.1 Å². The van der Waals surface area contributed by atoms with E-state index >= 15 is 0 Å². The molecule has 0 saturated heterocycles. The Morgan fingerprint density at radius 2 is 1.65 bits per heavy atom. The fourth-order valence-electron chi connectivity index (χ4n) is 2.65. The van der Waals surface area contributed by atoms with Crippen LogP contribution in [0.1, 0.15) is 17.2 Å². The van der Waals surface area contributed by atoms with Gasteiger partial charge >= 0.3 is 0 Å². The quantitative estimate of drug-likeness (QED) is 0.659. The molecule has 0 bridgehead atoms. The third-order valence-corrected chi connectivity index (χ3v) is 4.62. The number of pyridine rings is 1. The number of hydrogen-bond donors (Lipinski definition) is 1. The molecule has 132 valence electrons. The van der Waals surface area contributed by atoms with E-state index in [2.05, 4.69) is 21.2 Å². The Morgan fingerprint density at radius 1 is 1.00 bits per heavy atom. The lowest BCUT2D eigenvalue weighted by Crippen LogP contribution is -2.34. The highest BCUT2D eigenvalue weighted by molar-refractivity contribution is 9.10. The average molecular weight is 432 g/mol. The summed E-state index contributed by atoms with van der Waals surface area (Å²) in [6, 6.07) is 19.7. The summed E-state index contributed by atoms with van der Waals surface area (Å²) in [5.74, 6) is -0.256. The second-order valence-electron chi connectivity index (χ2n) is 5.78. The summed E-state index contributed by atoms with van der Waals surface area (Å²) in [6.07, 6.45) is 1.60. The van der Waals surface area contributed by atoms with Crippen LogP contribution in [0.5, 0.6) is 0 Å². The summed E-state index contributed by atoms with van der Waals surface area (Å²) in [5.41, 5.74) is 1.63. The predicted octanol–water partition coefficient (Wildman–Crippen LogP) is 4.17. The van der Waals surface area contributed by atoms with Crippen LogP contribution in [0.3, 0.4) is 0 Å². The fraction of sp³-hybridized carbons (Fsp3) is 0.100. The zero-order chi connectivity index (χ0) is 18.5. The van der Waals surface area contributed by atoms with Crippen molar-refractivity contribution in [3.8, 4) is 0 Å². The van der Waals surface area contributed by atoms with Gasteiger partial charge in [-0.05, 0) is 45.3 Å². The van der Waals surface area contributed by atoms with Gasteiger partial charge in [-0.3, -0.25) is 9.59 Å². The largest absolute Gasteiger partial charge is 0.344 e. The van der Waals surface area contributed by atoms with Crippen molar-refractivity contribution in [1.29, 1.82) is 0 Å². The maximum absolute atomic E-state index is 12.6. The van der Waals surface area contributed by atoms with Crippen LogP contribution >= 0.6 is 27.5 Å². The third kappa shape index (κ3) is 4.62. The minimum Gasteiger partial charge on any atom is -0.344 e. The van der Waals surface area contributed by atoms with Crippen LogP contribution in [0.2, 0.25) is 5.02 Å². The molecule has 0 radical (unpaired) electrons. The minimum atomic E-state index is -0.330. The highest BCUT2D eigenvalue weighted by Gasteiger charge is 2.17. The zero-order valence-corrected chi connectivity index (χ0v) is 16.1. The van der Waals surface area contributed by atoms with Crippen molar-refractivity contribution in [2.75, 3.05) is 0 Å². The van der Waals surface area contributed by atoms with Crippen molar-refractivity contribution >= 4 is 33.4 Å². The number of carbonyl (C=O) groups is 1. The zero-order valence-electron chi connectivity index (χ0n) is 13.7. The monoisotopic (exact) mass is 430 g/mol. The van der Waals surface area contributed by atoms with E-state index in [9.17, 15) is 9.59 Å². The Kier molecular flexibility index (Phi) is 5.91. The number of halogens is 2. The second-order valence-corrected chi connectivity index (χ2v) is 7.13. The molecule has 1 unspecified atom stereocenters. The van der Waals surface area contributed by atoms with Gasteiger partial charge in [0, 0.05) is 21.8 Å². The summed E-state index contributed by atoms with van der Waals surface area (Å²) in [6.45, 7) is -0.0603. The molecule has 1 atom stereocenters. The average Bonchev–Trinajstić information content (AvgIpc) is 2.64. The van der Waals surface area contributed by atoms with Crippen LogP contribution in [-0.4, -0.2) is 10.5 Å². The molecule has 0 fully saturated rings. The third-order valence-electron chi connectivity index (χ3n) is 3.90. The molecular formula is C20H16BrClN2O2. The maximum Gasteiger partial charge on any atom is 0.251 e. The van der Waals surface area contributed by atoms with Crippen molar-refractivity contribution in [1.82, 2.24) is 9.88 Å². The molecule has 1 N–H and O–H groups in total. The van der Waals surface area contributed by atoms with Gasteiger partial charge in [0.2, 0.25) is 5.91 Å². The maximum atomic E-state index is 12.6. The van der Waals surface area contributed by atoms with E-state index in [0.717, 1.165) is 15.6 Å². The number of carbonyl (C=O) groups excluding carboxylic acids is 1. The standard InChI is InChI=1S/C20H16BrClN2O2/c21-16-8-11-19(26)24(12-16)13-18(25)23-20(14-4-2-1-3-5-14)15-6-9-17(22)10-7-15/h1-12,20H,13H2,(H,23,25). The number of amides is 1. The molecule has 0 aliphatic heterocycles. The molecule has 0 aliphatic rings. The normalized spacial score (nSPS) is 11.8. The summed E-state index contributed by atoms with van der Waals surface area (Å²) in [5, 5.41) is 3.64. The number of nitrogens with zero attached hydrogens (tertiary/aromatic N) is 1. The topological polar surface area (TPSA) is 51.1 Å². The van der Waals surface area contributed by atoms with E-state index in [1.165, 1.54) is 10.6 Å². The summed E-state index contributed by atoms with van der Waals surface area (Å²) in [7, 11) is 0. The predicted molar refractivity (Wildman–Crippen MR) is 106 cm³/mol. The Balaban J connectivity index is 1.86. The number of hydrogen-bond acceptors (Lipinski definition) is 2. The minimum absolute atomic E-state index is 0.0603. The summed E-state index contributed by atoms with van der Waals surface area (Å²) < 4.78 is 2.10. The number of rotatable bonds is 5. The molecular weight excluding hydrogens is 416 g/mol. The van der Waals surface area contributed by atoms with Gasteiger partial charge in [0.15, 0.2) is 0 Å². The molecule has 0 aliphatic carbocycles. The van der Waals surface area contributed by atoms with Gasteiger partial charge in [0.05, 0.1) is 6.04 Å². The molecule has 4 nitrogen and oxygen atoms in total. The lowest BCUT2D eigenvalue weighted by Gasteiger charge is -2.20. The smallest absolute Gasteiger partial charge is 0.251 e. The first-order valence-corrected chi connectivity index (χ1v) is 9.16. The molecule has 6 heteroatoms. The highest BCUT2D eigenvalue weighted by Crippen LogP contribution is 2.23. The number of aromatic nitrogens is 1. The summed E-state index contributed by atoms with van der Waals surface area (Å²) >= 11 is 9.29. The van der Waals surface area contributed by atoms with Crippen LogP contribution in [0, 0.1) is 0 Å². The summed E-state index contributed by atoms with van der Waals surface area (Å²) in [4.78, 5) is 24.5. The van der Waals surface area contributed by atoms with E-state index in [1.54, 1.807) is 24.4 Å². The van der Waals surface area contributed by atoms with Gasteiger partial charge in [-0.2, -0.15) is 0 Å². The SMILES string of the molecule is O=C(Cn1cc(Br)ccc1=O)NC(c1ccccc1)c1ccc(Cl)cc1. The van der Waals surface area contributed by atoms with E-state index in [-0.39, 0.29) is 24.1 Å². The van der Waals surface area contributed by atoms with E-state index < -0.39 is 0 Å². The molecule has 1 amide bonds. The van der Waals surface area contributed by atoms with Crippen molar-refractivity contribution < 1.29 is 4.79 Å². The van der Waals surface area contributed by atoms with Crippen LogP contribution in [0.4, 0.5) is 0 Å². The van der Waals surface area contributed by atoms with Gasteiger partial charge < -0.3 is 9.88 Å². The van der Waals surface area contributed by atoms with Gasteiger partial charge in [0.25, 0.3) is 5.56 Å². The van der Waals surface area contributed by atoms with Crippen molar-refractivity contribution in [2.24, 2.45) is 0 Å². The van der Waals surface area contributed by atoms with Gasteiger partial charge in [0.1, 0.15) is 6.54 Å². The number of benzene rings is 2. The Hall–Kier alpha value is -2.37. The van der Waals surface area contributed by atoms with Crippen molar-refractivity contribution in [3.63, 3.8) is 0 Å². The van der Waals surface area contributed by atoms with Crippen LogP contribution in [-0.2, 0) is 11.3 Å². The fourth-order valence-corrected chi connectivity index (χ4v) is 3.15. The first-order valence-electron chi connectivity index (χ1n) is 7.99. The highest BCUT2D eigenvalue weighted by atomic mass is 79.9. The Morgan fingerprint density at radius 3 is 2.35 bits per heavy atom. The second kappa shape index (κ2) is 8.34. The molecule has 1 heterocycles. The van der Waals surface area contributed by atoms with Crippen LogP contribution in [0.25, 0.3) is 0 Å². The molecule has 3 rings (SSSR count). The first kappa shape index (κ1) is 18.4. The molecule has 0 spiro atoms. The Labute approximate surface area is 164 Å². The van der Waals surface area contributed by atoms with Crippen molar-refractivity contribution in [2.45, 2.75) is 12.6 Å². The van der Waals surface area contributed by atoms with Crippen LogP contribution in [0.15, 0.2) is 82.2 Å². The van der Waals surface area contributed by atoms with Crippen molar-refractivity contribution in [3.05, 3.63) is 104 Å². The van der Waals surface area contributed by atoms with Crippen LogP contribution < -0.4 is 10.9 Å². The van der Waals surface area contributed by atoms with E-state index in [4.69, 9.17) is 11.6 Å². The lowest BCUT2D eigenvalue weighted by atomic mass is 9.98. The molecule has 2 aromatic carbocycles. The van der Waals surface area contributed by atoms with Gasteiger partial charge in [-0.25, -0.2) is 0 Å². The molecule has 3 aromatic rings.